The zero-order chi connectivity index (χ0) is 26.0. The van der Waals surface area contributed by atoms with Gasteiger partial charge in [-0.3, -0.25) is 10.0 Å². The number of rotatable bonds is 2. The normalized spacial score (nSPS) is 20.4. The summed E-state index contributed by atoms with van der Waals surface area (Å²) in [4.78, 5) is 6.99. The van der Waals surface area contributed by atoms with Gasteiger partial charge in [0.15, 0.2) is 0 Å². The molecule has 4 heteroatoms. The molecule has 4 nitrogen and oxygen atoms in total. The van der Waals surface area contributed by atoms with Crippen molar-refractivity contribution in [2.45, 2.75) is 68.3 Å². The first-order valence-corrected chi connectivity index (χ1v) is 14.6. The molecule has 2 aliphatic carbocycles. The van der Waals surface area contributed by atoms with Crippen molar-refractivity contribution in [3.05, 3.63) is 119 Å². The van der Waals surface area contributed by atoms with Gasteiger partial charge in [-0.2, -0.15) is 0 Å². The van der Waals surface area contributed by atoms with Crippen LogP contribution in [0.3, 0.4) is 0 Å². The first-order chi connectivity index (χ1) is 19.2. The van der Waals surface area contributed by atoms with Crippen LogP contribution < -0.4 is 10.1 Å². The summed E-state index contributed by atoms with van der Waals surface area (Å²) in [5.41, 5.74) is 9.51. The van der Waals surface area contributed by atoms with Gasteiger partial charge >= 0.3 is 0 Å². The highest BCUT2D eigenvalue weighted by molar-refractivity contribution is 5.77. The van der Waals surface area contributed by atoms with E-state index >= 15 is 0 Å². The Kier molecular flexibility index (Phi) is 5.20. The molecular formula is C35H34N2O2. The second kappa shape index (κ2) is 8.70. The third kappa shape index (κ3) is 3.25. The van der Waals surface area contributed by atoms with Gasteiger partial charge in [-0.25, -0.2) is 10.1 Å². The number of nitrogens with zero attached hydrogens (tertiary/aromatic N) is 2. The summed E-state index contributed by atoms with van der Waals surface area (Å²) in [6.07, 6.45) is 9.00. The predicted octanol–water partition coefficient (Wildman–Crippen LogP) is 8.70. The van der Waals surface area contributed by atoms with Crippen LogP contribution in [0.1, 0.15) is 73.6 Å². The van der Waals surface area contributed by atoms with Crippen LogP contribution in [0.15, 0.2) is 97.1 Å². The van der Waals surface area contributed by atoms with Crippen molar-refractivity contribution < 1.29 is 10.0 Å². The Balaban J connectivity index is 1.14. The minimum atomic E-state index is -0.113. The van der Waals surface area contributed by atoms with Gasteiger partial charge in [-0.05, 0) is 85.0 Å². The predicted molar refractivity (Wildman–Crippen MR) is 155 cm³/mol. The van der Waals surface area contributed by atoms with Crippen LogP contribution >= 0.6 is 0 Å². The fourth-order valence-corrected chi connectivity index (χ4v) is 8.29. The maximum Gasteiger partial charge on any atom is 0.0862 e. The zero-order valence-corrected chi connectivity index (χ0v) is 22.2. The van der Waals surface area contributed by atoms with Crippen molar-refractivity contribution in [2.24, 2.45) is 0 Å². The van der Waals surface area contributed by atoms with Gasteiger partial charge in [-0.1, -0.05) is 85.6 Å². The third-order valence-corrected chi connectivity index (χ3v) is 10.1. The second-order valence-corrected chi connectivity index (χ2v) is 11.9. The molecule has 4 aromatic rings. The third-order valence-electron chi connectivity index (χ3n) is 10.1. The zero-order valence-electron chi connectivity index (χ0n) is 22.2. The summed E-state index contributed by atoms with van der Waals surface area (Å²) in [5.74, 6) is 0. The quantitative estimate of drug-likeness (QED) is 0.290. The lowest BCUT2D eigenvalue weighted by Gasteiger charge is -2.48. The van der Waals surface area contributed by atoms with Crippen molar-refractivity contribution in [2.75, 3.05) is 10.1 Å². The molecule has 0 saturated heterocycles. The minimum absolute atomic E-state index is 0.107. The molecule has 0 bridgehead atoms. The lowest BCUT2D eigenvalue weighted by atomic mass is 9.62. The smallest absolute Gasteiger partial charge is 0.0862 e. The number of anilines is 4. The molecule has 0 atom stereocenters. The molecule has 39 heavy (non-hydrogen) atoms. The fraction of sp³-hybridized carbons (Fsp3) is 0.314. The SMILES string of the molecule is ON1c2ccccc2C2(CCC(ON3c4ccccc4C4(CCCC4)c4ccccc43)CC2)c2ccccc21. The Bertz CT molecular complexity index is 1450. The lowest BCUT2D eigenvalue weighted by Crippen LogP contribution is -2.42. The topological polar surface area (TPSA) is 35.9 Å². The highest BCUT2D eigenvalue weighted by Crippen LogP contribution is 2.58. The molecule has 2 heterocycles. The number of hydrogen-bond acceptors (Lipinski definition) is 4. The van der Waals surface area contributed by atoms with Crippen molar-refractivity contribution in [3.63, 3.8) is 0 Å². The van der Waals surface area contributed by atoms with E-state index in [1.807, 2.05) is 24.3 Å². The van der Waals surface area contributed by atoms with Gasteiger partial charge < -0.3 is 0 Å². The summed E-state index contributed by atoms with van der Waals surface area (Å²) in [6.45, 7) is 0. The minimum Gasteiger partial charge on any atom is -0.283 e. The molecule has 2 fully saturated rings. The molecule has 0 unspecified atom stereocenters. The number of para-hydroxylation sites is 4. The molecule has 2 spiro atoms. The number of hydrogen-bond donors (Lipinski definition) is 1. The Morgan fingerprint density at radius 2 is 0.923 bits per heavy atom. The Hall–Kier alpha value is -3.60. The molecule has 196 valence electrons. The lowest BCUT2D eigenvalue weighted by molar-refractivity contribution is 0.0147. The fourth-order valence-electron chi connectivity index (χ4n) is 8.29. The molecule has 0 aromatic heterocycles. The van der Waals surface area contributed by atoms with Crippen molar-refractivity contribution in [3.8, 4) is 0 Å². The van der Waals surface area contributed by atoms with Crippen molar-refractivity contribution in [1.29, 1.82) is 0 Å². The van der Waals surface area contributed by atoms with Crippen molar-refractivity contribution >= 4 is 22.7 Å². The van der Waals surface area contributed by atoms with E-state index in [1.54, 1.807) is 0 Å². The Labute approximate surface area is 230 Å². The van der Waals surface area contributed by atoms with E-state index in [9.17, 15) is 5.21 Å². The van der Waals surface area contributed by atoms with Crippen LogP contribution in [0.4, 0.5) is 22.7 Å². The highest BCUT2D eigenvalue weighted by Gasteiger charge is 2.48. The van der Waals surface area contributed by atoms with Gasteiger partial charge in [0.05, 0.1) is 28.9 Å². The van der Waals surface area contributed by atoms with Crippen molar-refractivity contribution in [1.82, 2.24) is 0 Å². The standard InChI is InChI=1S/C35H34N2O2/c38-36-30-15-5-1-11-26(30)35(27-12-2-6-16-31(27)36)23-19-25(20-24-35)39-37-32-17-7-3-13-28(32)34(21-9-10-22-34)29-14-4-8-18-33(29)37/h1-8,11-18,25,38H,9-10,19-24H2. The van der Waals surface area contributed by atoms with Gasteiger partial charge in [0, 0.05) is 10.8 Å². The molecule has 4 aliphatic rings. The Morgan fingerprint density at radius 1 is 0.538 bits per heavy atom. The van der Waals surface area contributed by atoms with Crippen LogP contribution in [-0.4, -0.2) is 11.3 Å². The van der Waals surface area contributed by atoms with E-state index in [0.29, 0.717) is 0 Å². The molecule has 0 amide bonds. The average Bonchev–Trinajstić information content (AvgIpc) is 3.50. The van der Waals surface area contributed by atoms with Gasteiger partial charge in [-0.15, -0.1) is 0 Å². The highest BCUT2D eigenvalue weighted by atomic mass is 16.7. The summed E-state index contributed by atoms with van der Waals surface area (Å²) in [6, 6.07) is 34.6. The second-order valence-electron chi connectivity index (χ2n) is 11.9. The largest absolute Gasteiger partial charge is 0.283 e. The molecule has 8 rings (SSSR count). The summed E-state index contributed by atoms with van der Waals surface area (Å²) >= 11 is 0. The van der Waals surface area contributed by atoms with Crippen LogP contribution in [0.25, 0.3) is 0 Å². The van der Waals surface area contributed by atoms with E-state index in [-0.39, 0.29) is 16.9 Å². The van der Waals surface area contributed by atoms with E-state index in [4.69, 9.17) is 4.84 Å². The first kappa shape index (κ1) is 23.3. The van der Waals surface area contributed by atoms with Crippen LogP contribution in [0, 0.1) is 0 Å². The van der Waals surface area contributed by atoms with E-state index in [2.05, 4.69) is 77.9 Å². The average molecular weight is 515 g/mol. The molecular weight excluding hydrogens is 480 g/mol. The number of fused-ring (bicyclic) bond motifs is 8. The van der Waals surface area contributed by atoms with E-state index in [1.165, 1.54) is 64.4 Å². The maximum atomic E-state index is 11.1. The van der Waals surface area contributed by atoms with Gasteiger partial charge in [0.25, 0.3) is 0 Å². The van der Waals surface area contributed by atoms with E-state index < -0.39 is 0 Å². The van der Waals surface area contributed by atoms with Gasteiger partial charge in [0.2, 0.25) is 0 Å². The molecule has 1 N–H and O–H groups in total. The summed E-state index contributed by atoms with van der Waals surface area (Å²) < 4.78 is 0. The Morgan fingerprint density at radius 3 is 1.41 bits per heavy atom. The first-order valence-electron chi connectivity index (χ1n) is 14.6. The van der Waals surface area contributed by atoms with E-state index in [0.717, 1.165) is 37.1 Å². The molecule has 0 radical (unpaired) electrons. The summed E-state index contributed by atoms with van der Waals surface area (Å²) in [7, 11) is 0. The molecule has 2 aliphatic heterocycles. The molecule has 2 saturated carbocycles. The van der Waals surface area contributed by atoms with Crippen LogP contribution in [0.2, 0.25) is 0 Å². The summed E-state index contributed by atoms with van der Waals surface area (Å²) in [5, 5.41) is 14.6. The van der Waals surface area contributed by atoms with Gasteiger partial charge in [0.1, 0.15) is 0 Å². The molecule has 4 aromatic carbocycles. The monoisotopic (exact) mass is 514 g/mol. The van der Waals surface area contributed by atoms with Crippen LogP contribution in [-0.2, 0) is 15.7 Å². The maximum absolute atomic E-state index is 11.1. The number of benzene rings is 4. The van der Waals surface area contributed by atoms with Crippen LogP contribution in [0.5, 0.6) is 0 Å².